The van der Waals surface area contributed by atoms with E-state index in [1.165, 1.54) is 6.08 Å². The maximum Gasteiger partial charge on any atom is 0.248 e. The Kier molecular flexibility index (Phi) is 4.58. The lowest BCUT2D eigenvalue weighted by molar-refractivity contribution is -0.111. The van der Waals surface area contributed by atoms with Crippen molar-refractivity contribution >= 4 is 56.5 Å². The normalized spacial score (nSPS) is 10.8. The minimum absolute atomic E-state index is 0.189. The summed E-state index contributed by atoms with van der Waals surface area (Å²) in [6.45, 7) is 0. The van der Waals surface area contributed by atoms with E-state index in [0.29, 0.717) is 10.7 Å². The van der Waals surface area contributed by atoms with Crippen LogP contribution in [0, 0.1) is 0 Å². The molecule has 0 aliphatic carbocycles. The van der Waals surface area contributed by atoms with Crippen LogP contribution in [-0.2, 0) is 4.79 Å². The predicted octanol–water partition coefficient (Wildman–Crippen LogP) is 4.82. The Hall–Kier alpha value is -1.10. The second-order valence-corrected chi connectivity index (χ2v) is 5.73. The van der Waals surface area contributed by atoms with Crippen molar-refractivity contribution in [3.8, 4) is 0 Å². The van der Waals surface area contributed by atoms with E-state index in [9.17, 15) is 4.79 Å². The molecule has 0 atom stereocenters. The Morgan fingerprint density at radius 2 is 2.22 bits per heavy atom. The van der Waals surface area contributed by atoms with Crippen LogP contribution in [0.5, 0.6) is 0 Å². The summed E-state index contributed by atoms with van der Waals surface area (Å²) >= 11 is 10.8. The van der Waals surface area contributed by atoms with Gasteiger partial charge in [0, 0.05) is 20.4 Å². The zero-order valence-electron chi connectivity index (χ0n) is 9.19. The number of nitrogens with one attached hydrogen (secondary N) is 1. The second kappa shape index (κ2) is 6.18. The number of anilines is 1. The lowest BCUT2D eigenvalue weighted by Gasteiger charge is -2.05. The first-order valence-corrected chi connectivity index (χ1v) is 7.18. The maximum atomic E-state index is 11.7. The third kappa shape index (κ3) is 3.70. The summed E-state index contributed by atoms with van der Waals surface area (Å²) in [5, 5.41) is 5.30. The maximum absolute atomic E-state index is 11.7. The standard InChI is InChI=1S/C13H9BrClNOS/c14-11-5-3-9(15)8-12(11)16-13(17)6-4-10-2-1-7-18-10/h1-8H,(H,16,17)/b6-4+. The van der Waals surface area contributed by atoms with E-state index in [4.69, 9.17) is 11.6 Å². The molecular weight excluding hydrogens is 334 g/mol. The van der Waals surface area contributed by atoms with E-state index in [-0.39, 0.29) is 5.91 Å². The molecule has 1 heterocycles. The number of halogens is 2. The molecule has 2 nitrogen and oxygen atoms in total. The summed E-state index contributed by atoms with van der Waals surface area (Å²) in [5.41, 5.74) is 0.656. The number of rotatable bonds is 3. The second-order valence-electron chi connectivity index (χ2n) is 3.46. The van der Waals surface area contributed by atoms with Crippen LogP contribution in [0.4, 0.5) is 5.69 Å². The van der Waals surface area contributed by atoms with Crippen LogP contribution in [0.25, 0.3) is 6.08 Å². The van der Waals surface area contributed by atoms with Crippen molar-refractivity contribution < 1.29 is 4.79 Å². The number of hydrogen-bond acceptors (Lipinski definition) is 2. The summed E-state index contributed by atoms with van der Waals surface area (Å²) in [6, 6.07) is 9.13. The highest BCUT2D eigenvalue weighted by Gasteiger charge is 2.03. The molecule has 5 heteroatoms. The summed E-state index contributed by atoms with van der Waals surface area (Å²) in [5.74, 6) is -0.189. The van der Waals surface area contributed by atoms with Gasteiger partial charge in [0.2, 0.25) is 5.91 Å². The van der Waals surface area contributed by atoms with Gasteiger partial charge in [0.1, 0.15) is 0 Å². The molecule has 92 valence electrons. The molecule has 0 aliphatic heterocycles. The van der Waals surface area contributed by atoms with E-state index in [1.54, 1.807) is 35.6 Å². The zero-order chi connectivity index (χ0) is 13.0. The molecule has 2 rings (SSSR count). The molecule has 0 saturated heterocycles. The fourth-order valence-electron chi connectivity index (χ4n) is 1.31. The third-order valence-electron chi connectivity index (χ3n) is 2.13. The van der Waals surface area contributed by atoms with Gasteiger partial charge in [-0.05, 0) is 51.7 Å². The van der Waals surface area contributed by atoms with Gasteiger partial charge in [-0.25, -0.2) is 0 Å². The van der Waals surface area contributed by atoms with Crippen molar-refractivity contribution in [2.24, 2.45) is 0 Å². The summed E-state index contributed by atoms with van der Waals surface area (Å²) < 4.78 is 0.796. The van der Waals surface area contributed by atoms with E-state index in [0.717, 1.165) is 9.35 Å². The fourth-order valence-corrected chi connectivity index (χ4v) is 2.45. The van der Waals surface area contributed by atoms with E-state index < -0.39 is 0 Å². The largest absolute Gasteiger partial charge is 0.321 e. The molecule has 1 amide bonds. The monoisotopic (exact) mass is 341 g/mol. The highest BCUT2D eigenvalue weighted by Crippen LogP contribution is 2.25. The molecule has 1 aromatic heterocycles. The summed E-state index contributed by atoms with van der Waals surface area (Å²) in [7, 11) is 0. The van der Waals surface area contributed by atoms with Gasteiger partial charge in [0.15, 0.2) is 0 Å². The predicted molar refractivity (Wildman–Crippen MR) is 81.1 cm³/mol. The number of carbonyl (C=O) groups is 1. The quantitative estimate of drug-likeness (QED) is 0.796. The van der Waals surface area contributed by atoms with Gasteiger partial charge < -0.3 is 5.32 Å². The SMILES string of the molecule is O=C(/C=C/c1cccs1)Nc1cc(Cl)ccc1Br. The molecule has 0 spiro atoms. The van der Waals surface area contributed by atoms with Crippen LogP contribution in [-0.4, -0.2) is 5.91 Å². The topological polar surface area (TPSA) is 29.1 Å². The molecule has 0 unspecified atom stereocenters. The van der Waals surface area contributed by atoms with Crippen molar-refractivity contribution in [2.75, 3.05) is 5.32 Å². The number of thiophene rings is 1. The molecule has 18 heavy (non-hydrogen) atoms. The Morgan fingerprint density at radius 1 is 1.39 bits per heavy atom. The number of benzene rings is 1. The highest BCUT2D eigenvalue weighted by atomic mass is 79.9. The van der Waals surface area contributed by atoms with Crippen LogP contribution in [0.2, 0.25) is 5.02 Å². The minimum atomic E-state index is -0.189. The van der Waals surface area contributed by atoms with Crippen LogP contribution >= 0.6 is 38.9 Å². The minimum Gasteiger partial charge on any atom is -0.321 e. The van der Waals surface area contributed by atoms with E-state index >= 15 is 0 Å². The zero-order valence-corrected chi connectivity index (χ0v) is 12.3. The summed E-state index contributed by atoms with van der Waals surface area (Å²) in [4.78, 5) is 12.8. The van der Waals surface area contributed by atoms with Gasteiger partial charge in [-0.1, -0.05) is 17.7 Å². The average Bonchev–Trinajstić information content (AvgIpc) is 2.84. The lowest BCUT2D eigenvalue weighted by atomic mass is 10.3. The molecule has 0 bridgehead atoms. The molecule has 0 fully saturated rings. The number of hydrogen-bond donors (Lipinski definition) is 1. The molecular formula is C13H9BrClNOS. The van der Waals surface area contributed by atoms with Crippen molar-refractivity contribution in [3.05, 3.63) is 56.2 Å². The van der Waals surface area contributed by atoms with Gasteiger partial charge in [-0.15, -0.1) is 11.3 Å². The van der Waals surface area contributed by atoms with Crippen LogP contribution in [0.15, 0.2) is 46.3 Å². The van der Waals surface area contributed by atoms with E-state index in [1.807, 2.05) is 17.5 Å². The lowest BCUT2D eigenvalue weighted by Crippen LogP contribution is -2.08. The Morgan fingerprint density at radius 3 is 2.94 bits per heavy atom. The Bertz CT molecular complexity index is 581. The van der Waals surface area contributed by atoms with Crippen LogP contribution in [0.1, 0.15) is 4.88 Å². The van der Waals surface area contributed by atoms with Gasteiger partial charge in [0.05, 0.1) is 5.69 Å². The van der Waals surface area contributed by atoms with Crippen molar-refractivity contribution in [1.82, 2.24) is 0 Å². The van der Waals surface area contributed by atoms with Crippen molar-refractivity contribution in [2.45, 2.75) is 0 Å². The Balaban J connectivity index is 2.05. The fraction of sp³-hybridized carbons (Fsp3) is 0. The van der Waals surface area contributed by atoms with Gasteiger partial charge in [0.25, 0.3) is 0 Å². The van der Waals surface area contributed by atoms with Gasteiger partial charge >= 0.3 is 0 Å². The van der Waals surface area contributed by atoms with Crippen molar-refractivity contribution in [1.29, 1.82) is 0 Å². The van der Waals surface area contributed by atoms with Gasteiger partial charge in [-0.2, -0.15) is 0 Å². The molecule has 0 radical (unpaired) electrons. The number of amides is 1. The van der Waals surface area contributed by atoms with Crippen LogP contribution < -0.4 is 5.32 Å². The van der Waals surface area contributed by atoms with Gasteiger partial charge in [-0.3, -0.25) is 4.79 Å². The highest BCUT2D eigenvalue weighted by molar-refractivity contribution is 9.10. The first kappa shape index (κ1) is 13.3. The summed E-state index contributed by atoms with van der Waals surface area (Å²) in [6.07, 6.45) is 3.28. The Labute approximate surface area is 122 Å². The first-order chi connectivity index (χ1) is 8.65. The van der Waals surface area contributed by atoms with Crippen LogP contribution in [0.3, 0.4) is 0 Å². The van der Waals surface area contributed by atoms with Crippen molar-refractivity contribution in [3.63, 3.8) is 0 Å². The third-order valence-corrected chi connectivity index (χ3v) is 3.89. The van der Waals surface area contributed by atoms with E-state index in [2.05, 4.69) is 21.2 Å². The average molecular weight is 343 g/mol. The molecule has 2 aromatic rings. The molecule has 0 aliphatic rings. The molecule has 0 saturated carbocycles. The first-order valence-electron chi connectivity index (χ1n) is 5.13. The number of carbonyl (C=O) groups excluding carboxylic acids is 1. The smallest absolute Gasteiger partial charge is 0.248 e. The molecule has 1 N–H and O–H groups in total. The molecule has 1 aromatic carbocycles.